The Morgan fingerprint density at radius 2 is 1.67 bits per heavy atom. The van der Waals surface area contributed by atoms with E-state index in [0.29, 0.717) is 12.1 Å². The van der Waals surface area contributed by atoms with Gasteiger partial charge in [-0.1, -0.05) is 49.4 Å². The number of hydrogen-bond donors (Lipinski definition) is 0. The van der Waals surface area contributed by atoms with Crippen molar-refractivity contribution in [3.63, 3.8) is 0 Å². The molecule has 0 radical (unpaired) electrons. The second kappa shape index (κ2) is 5.48. The van der Waals surface area contributed by atoms with E-state index in [-0.39, 0.29) is 23.8 Å². The second-order valence-corrected chi connectivity index (χ2v) is 6.52. The van der Waals surface area contributed by atoms with Crippen molar-refractivity contribution in [2.45, 2.75) is 24.8 Å². The number of hydrogen-bond acceptors (Lipinski definition) is 3. The summed E-state index contributed by atoms with van der Waals surface area (Å²) in [4.78, 5) is 27.5. The Kier molecular flexibility index (Phi) is 3.41. The average Bonchev–Trinajstić information content (AvgIpc) is 2.62. The summed E-state index contributed by atoms with van der Waals surface area (Å²) in [6.45, 7) is 2.73. The molecular formula is C20H19NO3. The van der Waals surface area contributed by atoms with Gasteiger partial charge in [-0.15, -0.1) is 0 Å². The molecular weight excluding hydrogens is 302 g/mol. The van der Waals surface area contributed by atoms with Crippen LogP contribution in [0, 0.1) is 0 Å². The molecule has 0 bridgehead atoms. The fourth-order valence-corrected chi connectivity index (χ4v) is 4.14. The van der Waals surface area contributed by atoms with E-state index in [0.717, 1.165) is 11.1 Å². The van der Waals surface area contributed by atoms with Crippen LogP contribution >= 0.6 is 0 Å². The Labute approximate surface area is 141 Å². The summed E-state index contributed by atoms with van der Waals surface area (Å²) in [5.41, 5.74) is 3.63. The van der Waals surface area contributed by atoms with E-state index in [2.05, 4.69) is 13.0 Å². The molecule has 3 atom stereocenters. The number of benzene rings is 2. The van der Waals surface area contributed by atoms with Gasteiger partial charge in [-0.05, 0) is 28.7 Å². The molecule has 1 amide bonds. The predicted octanol–water partition coefficient (Wildman–Crippen LogP) is 3.26. The topological polar surface area (TPSA) is 46.6 Å². The number of ether oxygens (including phenoxy) is 1. The van der Waals surface area contributed by atoms with Crippen LogP contribution in [0.3, 0.4) is 0 Å². The standard InChI is InChI=1S/C20H19NO3/c1-12-11-21-18(15-9-5-3-7-13(12)15)17(20(23)24-2)14-8-4-6-10-16(14)19(21)22/h3-10,12,17-18H,11H2,1-2H3/t12-,17?,18+/m0/s1. The van der Waals surface area contributed by atoms with E-state index < -0.39 is 5.92 Å². The van der Waals surface area contributed by atoms with E-state index in [1.807, 2.05) is 41.3 Å². The van der Waals surface area contributed by atoms with Crippen LogP contribution < -0.4 is 0 Å². The maximum atomic E-state index is 13.0. The predicted molar refractivity (Wildman–Crippen MR) is 89.8 cm³/mol. The summed E-state index contributed by atoms with van der Waals surface area (Å²) in [6, 6.07) is 15.2. The molecule has 122 valence electrons. The van der Waals surface area contributed by atoms with E-state index >= 15 is 0 Å². The van der Waals surface area contributed by atoms with Crippen LogP contribution in [0.25, 0.3) is 0 Å². The Bertz CT molecular complexity index is 829. The highest BCUT2D eigenvalue weighted by molar-refractivity contribution is 6.00. The monoisotopic (exact) mass is 321 g/mol. The summed E-state index contributed by atoms with van der Waals surface area (Å²) in [5, 5.41) is 0. The largest absolute Gasteiger partial charge is 0.468 e. The third-order valence-corrected chi connectivity index (χ3v) is 5.21. The molecule has 0 aliphatic carbocycles. The molecule has 2 aromatic carbocycles. The van der Waals surface area contributed by atoms with Crippen molar-refractivity contribution in [2.24, 2.45) is 0 Å². The zero-order valence-corrected chi connectivity index (χ0v) is 13.7. The van der Waals surface area contributed by atoms with Gasteiger partial charge in [-0.2, -0.15) is 0 Å². The molecule has 4 nitrogen and oxygen atoms in total. The van der Waals surface area contributed by atoms with Crippen LogP contribution in [0.1, 0.15) is 51.8 Å². The lowest BCUT2D eigenvalue weighted by Crippen LogP contribution is -2.49. The quantitative estimate of drug-likeness (QED) is 0.758. The highest BCUT2D eigenvalue weighted by Crippen LogP contribution is 2.48. The summed E-state index contributed by atoms with van der Waals surface area (Å²) in [5.74, 6) is -0.547. The fourth-order valence-electron chi connectivity index (χ4n) is 4.14. The minimum atomic E-state index is -0.488. The van der Waals surface area contributed by atoms with Gasteiger partial charge in [-0.3, -0.25) is 9.59 Å². The van der Waals surface area contributed by atoms with Gasteiger partial charge >= 0.3 is 5.97 Å². The van der Waals surface area contributed by atoms with Crippen molar-refractivity contribution in [1.29, 1.82) is 0 Å². The number of fused-ring (bicyclic) bond motifs is 4. The number of amides is 1. The van der Waals surface area contributed by atoms with Crippen LogP contribution in [-0.2, 0) is 9.53 Å². The van der Waals surface area contributed by atoms with Gasteiger partial charge in [0.05, 0.1) is 13.2 Å². The molecule has 24 heavy (non-hydrogen) atoms. The van der Waals surface area contributed by atoms with Crippen molar-refractivity contribution in [3.8, 4) is 0 Å². The van der Waals surface area contributed by atoms with E-state index in [4.69, 9.17) is 4.74 Å². The summed E-state index contributed by atoms with van der Waals surface area (Å²) in [6.07, 6.45) is 0. The molecule has 4 heteroatoms. The Balaban J connectivity index is 1.97. The molecule has 0 aromatic heterocycles. The highest BCUT2D eigenvalue weighted by Gasteiger charge is 2.47. The van der Waals surface area contributed by atoms with E-state index in [9.17, 15) is 9.59 Å². The number of esters is 1. The zero-order chi connectivity index (χ0) is 16.8. The van der Waals surface area contributed by atoms with Crippen LogP contribution in [0.15, 0.2) is 48.5 Å². The van der Waals surface area contributed by atoms with Gasteiger partial charge < -0.3 is 9.64 Å². The minimum absolute atomic E-state index is 0.00268. The summed E-state index contributed by atoms with van der Waals surface area (Å²) < 4.78 is 5.10. The molecule has 2 aromatic rings. The minimum Gasteiger partial charge on any atom is -0.468 e. The second-order valence-electron chi connectivity index (χ2n) is 6.52. The maximum Gasteiger partial charge on any atom is 0.315 e. The maximum absolute atomic E-state index is 13.0. The third-order valence-electron chi connectivity index (χ3n) is 5.21. The van der Waals surface area contributed by atoms with Gasteiger partial charge in [0.1, 0.15) is 5.92 Å². The van der Waals surface area contributed by atoms with Crippen LogP contribution in [0.2, 0.25) is 0 Å². The molecule has 0 saturated carbocycles. The number of rotatable bonds is 1. The first-order valence-corrected chi connectivity index (χ1v) is 8.20. The molecule has 4 rings (SSSR count). The lowest BCUT2D eigenvalue weighted by Gasteiger charge is -2.46. The molecule has 0 fully saturated rings. The van der Waals surface area contributed by atoms with E-state index in [1.54, 1.807) is 6.07 Å². The Morgan fingerprint density at radius 3 is 2.38 bits per heavy atom. The number of carbonyl (C=O) groups excluding carboxylic acids is 2. The van der Waals surface area contributed by atoms with Crippen LogP contribution in [-0.4, -0.2) is 30.4 Å². The van der Waals surface area contributed by atoms with Crippen molar-refractivity contribution in [1.82, 2.24) is 4.90 Å². The normalized spacial score (nSPS) is 24.7. The average molecular weight is 321 g/mol. The lowest BCUT2D eigenvalue weighted by atomic mass is 9.74. The molecule has 2 aliphatic heterocycles. The molecule has 2 heterocycles. The molecule has 0 N–H and O–H groups in total. The van der Waals surface area contributed by atoms with Gasteiger partial charge in [0.15, 0.2) is 0 Å². The van der Waals surface area contributed by atoms with Gasteiger partial charge in [0.25, 0.3) is 5.91 Å². The van der Waals surface area contributed by atoms with Crippen molar-refractivity contribution >= 4 is 11.9 Å². The van der Waals surface area contributed by atoms with Gasteiger partial charge in [0, 0.05) is 12.1 Å². The first-order chi connectivity index (χ1) is 11.6. The summed E-state index contributed by atoms with van der Waals surface area (Å²) >= 11 is 0. The first kappa shape index (κ1) is 14.9. The molecule has 2 aliphatic rings. The van der Waals surface area contributed by atoms with Crippen LogP contribution in [0.4, 0.5) is 0 Å². The smallest absolute Gasteiger partial charge is 0.315 e. The van der Waals surface area contributed by atoms with E-state index in [1.165, 1.54) is 12.7 Å². The summed E-state index contributed by atoms with van der Waals surface area (Å²) in [7, 11) is 1.41. The van der Waals surface area contributed by atoms with Crippen LogP contribution in [0.5, 0.6) is 0 Å². The number of methoxy groups -OCH3 is 1. The number of nitrogens with zero attached hydrogens (tertiary/aromatic N) is 1. The van der Waals surface area contributed by atoms with Gasteiger partial charge in [-0.25, -0.2) is 0 Å². The van der Waals surface area contributed by atoms with Crippen molar-refractivity contribution in [3.05, 3.63) is 70.8 Å². The molecule has 0 saturated heterocycles. The first-order valence-electron chi connectivity index (χ1n) is 8.20. The zero-order valence-electron chi connectivity index (χ0n) is 13.7. The fraction of sp³-hybridized carbons (Fsp3) is 0.300. The van der Waals surface area contributed by atoms with Gasteiger partial charge in [0.2, 0.25) is 0 Å². The van der Waals surface area contributed by atoms with Crippen molar-refractivity contribution in [2.75, 3.05) is 13.7 Å². The Morgan fingerprint density at radius 1 is 1.04 bits per heavy atom. The lowest BCUT2D eigenvalue weighted by molar-refractivity contribution is -0.144. The molecule has 1 unspecified atom stereocenters. The third kappa shape index (κ3) is 1.99. The number of carbonyl (C=O) groups is 2. The molecule has 0 spiro atoms. The highest BCUT2D eigenvalue weighted by atomic mass is 16.5. The SMILES string of the molecule is COC(=O)C1c2ccccc2C(=O)N2C[C@H](C)c3ccccc3[C@H]12. The Hall–Kier alpha value is -2.62. The van der Waals surface area contributed by atoms with Crippen molar-refractivity contribution < 1.29 is 14.3 Å².